The van der Waals surface area contributed by atoms with Crippen molar-refractivity contribution < 1.29 is 9.59 Å². The standard InChI is InChI=1S/C15H14Cl2N2O2/c1-19-9-11(3-7-15(19)17)13(21)5-4-12(20)10-2-6-14(16)18-8-10/h2-3,6-8H,4-5,9H2,1H3. The minimum absolute atomic E-state index is 0.0439. The number of Topliss-reactive ketones (excluding diaryl/α,β-unsaturated/α-hetero) is 2. The van der Waals surface area contributed by atoms with Gasteiger partial charge in [-0.15, -0.1) is 0 Å². The number of halogens is 2. The van der Waals surface area contributed by atoms with Crippen LogP contribution in [0.5, 0.6) is 0 Å². The number of aromatic nitrogens is 1. The number of carbonyl (C=O) groups excluding carboxylic acids is 2. The zero-order valence-corrected chi connectivity index (χ0v) is 13.0. The fourth-order valence-corrected chi connectivity index (χ4v) is 2.17. The third-order valence-electron chi connectivity index (χ3n) is 3.18. The lowest BCUT2D eigenvalue weighted by molar-refractivity contribution is -0.115. The van der Waals surface area contributed by atoms with Gasteiger partial charge in [-0.25, -0.2) is 4.98 Å². The number of hydrogen-bond acceptors (Lipinski definition) is 4. The molecule has 1 aliphatic rings. The number of rotatable bonds is 5. The second-order valence-corrected chi connectivity index (χ2v) is 5.53. The van der Waals surface area contributed by atoms with Crippen LogP contribution >= 0.6 is 23.2 Å². The number of carbonyl (C=O) groups is 2. The van der Waals surface area contributed by atoms with E-state index in [9.17, 15) is 9.59 Å². The minimum atomic E-state index is -0.120. The van der Waals surface area contributed by atoms with Gasteiger partial charge >= 0.3 is 0 Å². The first kappa shape index (κ1) is 15.7. The molecule has 21 heavy (non-hydrogen) atoms. The average molecular weight is 325 g/mol. The lowest BCUT2D eigenvalue weighted by atomic mass is 10.0. The van der Waals surface area contributed by atoms with Crippen LogP contribution in [-0.2, 0) is 4.79 Å². The Morgan fingerprint density at radius 3 is 2.52 bits per heavy atom. The number of allylic oxidation sites excluding steroid dienone is 2. The molecule has 0 aromatic carbocycles. The van der Waals surface area contributed by atoms with Crippen LogP contribution < -0.4 is 0 Å². The summed E-state index contributed by atoms with van der Waals surface area (Å²) in [4.78, 5) is 29.7. The first-order chi connectivity index (χ1) is 9.97. The molecule has 0 N–H and O–H groups in total. The van der Waals surface area contributed by atoms with E-state index < -0.39 is 0 Å². The van der Waals surface area contributed by atoms with Crippen LogP contribution in [0.2, 0.25) is 5.15 Å². The van der Waals surface area contributed by atoms with E-state index >= 15 is 0 Å². The monoisotopic (exact) mass is 324 g/mol. The van der Waals surface area contributed by atoms with Crippen LogP contribution in [0.1, 0.15) is 23.2 Å². The maximum atomic E-state index is 12.1. The summed E-state index contributed by atoms with van der Waals surface area (Å²) in [7, 11) is 1.81. The fraction of sp³-hybridized carbons (Fsp3) is 0.267. The Bertz CT molecular complexity index is 621. The van der Waals surface area contributed by atoms with Crippen LogP contribution in [0.4, 0.5) is 0 Å². The highest BCUT2D eigenvalue weighted by Gasteiger charge is 2.17. The van der Waals surface area contributed by atoms with Crippen LogP contribution in [-0.4, -0.2) is 35.0 Å². The molecular formula is C15H14Cl2N2O2. The van der Waals surface area contributed by atoms with Crippen molar-refractivity contribution in [3.8, 4) is 0 Å². The molecular weight excluding hydrogens is 311 g/mol. The van der Waals surface area contributed by atoms with Crippen LogP contribution in [0.3, 0.4) is 0 Å². The second-order valence-electron chi connectivity index (χ2n) is 4.75. The summed E-state index contributed by atoms with van der Waals surface area (Å²) < 4.78 is 0. The molecule has 2 heterocycles. The zero-order chi connectivity index (χ0) is 15.4. The lowest BCUT2D eigenvalue weighted by Crippen LogP contribution is -2.24. The zero-order valence-electron chi connectivity index (χ0n) is 11.5. The van der Waals surface area contributed by atoms with Gasteiger partial charge in [0.15, 0.2) is 11.6 Å². The molecule has 0 unspecified atom stereocenters. The van der Waals surface area contributed by atoms with E-state index in [0.717, 1.165) is 0 Å². The van der Waals surface area contributed by atoms with Crippen LogP contribution in [0, 0.1) is 0 Å². The predicted molar refractivity (Wildman–Crippen MR) is 82.5 cm³/mol. The molecule has 4 nitrogen and oxygen atoms in total. The highest BCUT2D eigenvalue weighted by Crippen LogP contribution is 2.18. The fourth-order valence-electron chi connectivity index (χ4n) is 1.93. The Morgan fingerprint density at radius 2 is 1.90 bits per heavy atom. The Balaban J connectivity index is 1.92. The number of ketones is 2. The molecule has 0 aliphatic carbocycles. The Kier molecular flexibility index (Phi) is 5.15. The highest BCUT2D eigenvalue weighted by atomic mass is 35.5. The summed E-state index contributed by atoms with van der Waals surface area (Å²) >= 11 is 11.6. The van der Waals surface area contributed by atoms with Crippen molar-refractivity contribution in [3.05, 3.63) is 51.9 Å². The largest absolute Gasteiger partial charge is 0.361 e. The van der Waals surface area contributed by atoms with Crippen molar-refractivity contribution in [1.29, 1.82) is 0 Å². The van der Waals surface area contributed by atoms with Gasteiger partial charge in [0.05, 0.1) is 0 Å². The van der Waals surface area contributed by atoms with Gasteiger partial charge in [0.1, 0.15) is 10.3 Å². The van der Waals surface area contributed by atoms with Crippen molar-refractivity contribution in [2.24, 2.45) is 0 Å². The highest BCUT2D eigenvalue weighted by molar-refractivity contribution is 6.29. The number of pyridine rings is 1. The molecule has 6 heteroatoms. The van der Waals surface area contributed by atoms with Gasteiger partial charge in [-0.3, -0.25) is 9.59 Å². The smallest absolute Gasteiger partial charge is 0.164 e. The molecule has 0 bridgehead atoms. The molecule has 0 atom stereocenters. The number of likely N-dealkylation sites (N-methyl/N-ethyl adjacent to an activating group) is 1. The summed E-state index contributed by atoms with van der Waals surface area (Å²) in [5.74, 6) is -0.164. The third-order valence-corrected chi connectivity index (χ3v) is 3.82. The van der Waals surface area contributed by atoms with Crippen molar-refractivity contribution in [2.45, 2.75) is 12.8 Å². The average Bonchev–Trinajstić information content (AvgIpc) is 2.48. The summed E-state index contributed by atoms with van der Waals surface area (Å²) in [6.07, 6.45) is 5.14. The Hall–Kier alpha value is -1.65. The van der Waals surface area contributed by atoms with E-state index in [-0.39, 0.29) is 24.4 Å². The van der Waals surface area contributed by atoms with E-state index in [1.54, 1.807) is 29.2 Å². The number of hydrogen-bond donors (Lipinski definition) is 0. The Morgan fingerprint density at radius 1 is 1.19 bits per heavy atom. The summed E-state index contributed by atoms with van der Waals surface area (Å²) in [6.45, 7) is 0.463. The predicted octanol–water partition coefficient (Wildman–Crippen LogP) is 3.22. The second kappa shape index (κ2) is 6.87. The van der Waals surface area contributed by atoms with Crippen molar-refractivity contribution >= 4 is 34.8 Å². The maximum absolute atomic E-state index is 12.1. The minimum Gasteiger partial charge on any atom is -0.361 e. The van der Waals surface area contributed by atoms with Crippen molar-refractivity contribution in [3.63, 3.8) is 0 Å². The molecule has 110 valence electrons. The van der Waals surface area contributed by atoms with Crippen molar-refractivity contribution in [2.75, 3.05) is 13.6 Å². The molecule has 0 spiro atoms. The molecule has 0 amide bonds. The van der Waals surface area contributed by atoms with E-state index in [4.69, 9.17) is 23.2 Å². The third kappa shape index (κ3) is 4.16. The molecule has 0 radical (unpaired) electrons. The molecule has 1 aromatic rings. The summed E-state index contributed by atoms with van der Waals surface area (Å²) in [5.41, 5.74) is 1.12. The summed E-state index contributed by atoms with van der Waals surface area (Å²) in [5, 5.41) is 0.927. The molecule has 0 saturated carbocycles. The number of nitrogens with zero attached hydrogens (tertiary/aromatic N) is 2. The van der Waals surface area contributed by atoms with Crippen LogP contribution in [0.25, 0.3) is 0 Å². The van der Waals surface area contributed by atoms with E-state index in [1.165, 1.54) is 6.20 Å². The van der Waals surface area contributed by atoms with Gasteiger partial charge < -0.3 is 4.90 Å². The van der Waals surface area contributed by atoms with Gasteiger partial charge in [-0.05, 0) is 18.2 Å². The quantitative estimate of drug-likeness (QED) is 0.474. The molecule has 0 saturated heterocycles. The van der Waals surface area contributed by atoms with Crippen molar-refractivity contribution in [1.82, 2.24) is 9.88 Å². The van der Waals surface area contributed by atoms with E-state index in [2.05, 4.69) is 4.98 Å². The molecule has 0 fully saturated rings. The SMILES string of the molecule is CN1CC(C(=O)CCC(=O)c2ccc(Cl)nc2)=CC=C1Cl. The molecule has 1 aliphatic heterocycles. The van der Waals surface area contributed by atoms with Crippen LogP contribution in [0.15, 0.2) is 41.2 Å². The van der Waals surface area contributed by atoms with Gasteiger partial charge in [0.2, 0.25) is 0 Å². The van der Waals surface area contributed by atoms with Gasteiger partial charge in [0, 0.05) is 43.8 Å². The van der Waals surface area contributed by atoms with Gasteiger partial charge in [0.25, 0.3) is 0 Å². The van der Waals surface area contributed by atoms with E-state index in [0.29, 0.717) is 28.0 Å². The summed E-state index contributed by atoms with van der Waals surface area (Å²) in [6, 6.07) is 3.17. The van der Waals surface area contributed by atoms with Gasteiger partial charge in [-0.1, -0.05) is 29.3 Å². The maximum Gasteiger partial charge on any atom is 0.164 e. The Labute approximate surface area is 133 Å². The van der Waals surface area contributed by atoms with Gasteiger partial charge in [-0.2, -0.15) is 0 Å². The normalized spacial score (nSPS) is 14.5. The molecule has 1 aromatic heterocycles. The molecule has 2 rings (SSSR count). The first-order valence-electron chi connectivity index (χ1n) is 6.43. The first-order valence-corrected chi connectivity index (χ1v) is 7.18. The lowest BCUT2D eigenvalue weighted by Gasteiger charge is -2.22. The topological polar surface area (TPSA) is 50.3 Å². The van der Waals surface area contributed by atoms with E-state index in [1.807, 2.05) is 7.05 Å².